The van der Waals surface area contributed by atoms with Crippen LogP contribution in [0.25, 0.3) is 0 Å². The normalized spacial score (nSPS) is 43.1. The second-order valence-electron chi connectivity index (χ2n) is 8.52. The predicted octanol–water partition coefficient (Wildman–Crippen LogP) is 3.72. The van der Waals surface area contributed by atoms with Gasteiger partial charge in [-0.1, -0.05) is 19.1 Å². The van der Waals surface area contributed by atoms with Crippen LogP contribution in [-0.4, -0.2) is 33.7 Å². The number of benzene rings is 1. The number of rotatable bonds is 3. The molecule has 0 radical (unpaired) electrons. The van der Waals surface area contributed by atoms with Gasteiger partial charge in [-0.25, -0.2) is 0 Å². The zero-order chi connectivity index (χ0) is 18.0. The maximum absolute atomic E-state index is 13.1. The van der Waals surface area contributed by atoms with E-state index in [1.54, 1.807) is 24.3 Å². The lowest BCUT2D eigenvalue weighted by atomic mass is 9.99. The van der Waals surface area contributed by atoms with E-state index in [1.165, 1.54) is 12.8 Å². The van der Waals surface area contributed by atoms with E-state index >= 15 is 0 Å². The van der Waals surface area contributed by atoms with Crippen LogP contribution >= 0.6 is 23.5 Å². The number of Topliss-reactive ketones (excluding diaryl/α,β-unsaturated/α-hetero) is 1. The van der Waals surface area contributed by atoms with Crippen LogP contribution in [0.3, 0.4) is 0 Å². The number of hydrogen-bond donors (Lipinski definition) is 1. The summed E-state index contributed by atoms with van der Waals surface area (Å²) in [6, 6.07) is 6.87. The van der Waals surface area contributed by atoms with Crippen molar-refractivity contribution in [2.24, 2.45) is 41.2 Å². The van der Waals surface area contributed by atoms with Crippen molar-refractivity contribution < 1.29 is 9.59 Å². The van der Waals surface area contributed by atoms with E-state index in [1.807, 2.05) is 23.5 Å². The molecule has 3 nitrogen and oxygen atoms in total. The summed E-state index contributed by atoms with van der Waals surface area (Å²) >= 11 is 4.07. The number of amides is 1. The van der Waals surface area contributed by atoms with E-state index in [9.17, 15) is 9.59 Å². The van der Waals surface area contributed by atoms with Crippen LogP contribution in [0.15, 0.2) is 24.3 Å². The van der Waals surface area contributed by atoms with E-state index < -0.39 is 5.91 Å². The van der Waals surface area contributed by atoms with E-state index in [2.05, 4.69) is 6.92 Å². The number of ketones is 1. The highest BCUT2D eigenvalue weighted by Gasteiger charge is 2.72. The number of fused-ring (bicyclic) bond motifs is 5. The summed E-state index contributed by atoms with van der Waals surface area (Å²) in [4.78, 5) is 24.3. The first-order valence-electron chi connectivity index (χ1n) is 9.73. The molecule has 5 aliphatic rings. The van der Waals surface area contributed by atoms with Crippen LogP contribution in [0.1, 0.15) is 40.5 Å². The summed E-state index contributed by atoms with van der Waals surface area (Å²) in [7, 11) is 0. The van der Waals surface area contributed by atoms with Gasteiger partial charge >= 0.3 is 0 Å². The molecule has 3 aliphatic carbocycles. The first kappa shape index (κ1) is 17.2. The highest BCUT2D eigenvalue weighted by Crippen LogP contribution is 2.75. The van der Waals surface area contributed by atoms with Crippen LogP contribution in [-0.2, 0) is 0 Å². The maximum Gasteiger partial charge on any atom is 0.248 e. The number of carbonyl (C=O) groups is 2. The molecule has 2 aliphatic heterocycles. The van der Waals surface area contributed by atoms with Gasteiger partial charge in [0.1, 0.15) is 0 Å². The van der Waals surface area contributed by atoms with E-state index in [4.69, 9.17) is 5.73 Å². The Kier molecular flexibility index (Phi) is 4.16. The van der Waals surface area contributed by atoms with Crippen LogP contribution in [0.2, 0.25) is 0 Å². The highest BCUT2D eigenvalue weighted by atomic mass is 32.2. The number of hydrogen-bond acceptors (Lipinski definition) is 4. The van der Waals surface area contributed by atoms with Crippen molar-refractivity contribution >= 4 is 35.2 Å². The molecule has 0 spiro atoms. The third-order valence-electron chi connectivity index (χ3n) is 7.02. The van der Waals surface area contributed by atoms with Gasteiger partial charge < -0.3 is 5.73 Å². The fraction of sp³-hybridized carbons (Fsp3) is 0.619. The molecule has 5 heteroatoms. The Balaban J connectivity index is 1.29. The van der Waals surface area contributed by atoms with Gasteiger partial charge in [0.05, 0.1) is 0 Å². The van der Waals surface area contributed by atoms with Crippen molar-refractivity contribution in [1.29, 1.82) is 0 Å². The molecule has 8 atom stereocenters. The van der Waals surface area contributed by atoms with Crippen LogP contribution < -0.4 is 5.73 Å². The third kappa shape index (κ3) is 2.91. The molecular formula is C21H25NO2S2. The molecule has 1 aromatic carbocycles. The first-order chi connectivity index (χ1) is 12.6. The van der Waals surface area contributed by atoms with Gasteiger partial charge in [0.25, 0.3) is 0 Å². The van der Waals surface area contributed by atoms with Gasteiger partial charge in [-0.05, 0) is 54.6 Å². The van der Waals surface area contributed by atoms with Crippen LogP contribution in [0, 0.1) is 35.5 Å². The van der Waals surface area contributed by atoms with Crippen molar-refractivity contribution in [3.8, 4) is 0 Å². The topological polar surface area (TPSA) is 60.2 Å². The van der Waals surface area contributed by atoms with Gasteiger partial charge in [-0.3, -0.25) is 9.59 Å². The largest absolute Gasteiger partial charge is 0.366 e. The molecule has 2 heterocycles. The summed E-state index contributed by atoms with van der Waals surface area (Å²) in [6.45, 7) is 2.38. The van der Waals surface area contributed by atoms with Gasteiger partial charge in [0.2, 0.25) is 5.91 Å². The second kappa shape index (κ2) is 6.30. The maximum atomic E-state index is 13.1. The number of thioether (sulfide) groups is 2. The molecule has 138 valence electrons. The van der Waals surface area contributed by atoms with Crippen molar-refractivity contribution in [2.75, 3.05) is 11.5 Å². The summed E-state index contributed by atoms with van der Waals surface area (Å²) in [5, 5.41) is 1.60. The standard InChI is InChI=1S/C21H25NO2S2/c1-10-14-6-7-15-16-17(15)20(16)26-9-13(8-25-19(10)14)18(23)11-2-4-12(5-3-11)21(22)24/h2-5,10,13-17,19-20H,6-9H2,1H3,(H2,22,24)/t10-,13?,14+,15-,16?,17+,19?,20-/m1/s1. The van der Waals surface area contributed by atoms with Crippen molar-refractivity contribution in [3.63, 3.8) is 0 Å². The summed E-state index contributed by atoms with van der Waals surface area (Å²) < 4.78 is 0. The molecule has 26 heavy (non-hydrogen) atoms. The number of carbonyl (C=O) groups excluding carboxylic acids is 2. The zero-order valence-corrected chi connectivity index (χ0v) is 16.6. The molecule has 3 unspecified atom stereocenters. The Bertz CT molecular complexity index is 739. The molecule has 0 aromatic heterocycles. The second-order valence-corrected chi connectivity index (χ2v) is 10.9. The third-order valence-corrected chi connectivity index (χ3v) is 10.4. The first-order valence-corrected chi connectivity index (χ1v) is 11.8. The lowest BCUT2D eigenvalue weighted by Gasteiger charge is -2.19. The fourth-order valence-electron chi connectivity index (χ4n) is 4.99. The predicted molar refractivity (Wildman–Crippen MR) is 108 cm³/mol. The van der Waals surface area contributed by atoms with Gasteiger partial charge in [0.15, 0.2) is 5.78 Å². The lowest BCUT2D eigenvalue weighted by molar-refractivity contribution is 0.0942. The Labute approximate surface area is 163 Å². The van der Waals surface area contributed by atoms with Crippen LogP contribution in [0.5, 0.6) is 0 Å². The molecule has 2 saturated heterocycles. The molecule has 3 saturated carbocycles. The molecule has 1 amide bonds. The summed E-state index contributed by atoms with van der Waals surface area (Å²) in [5.41, 5.74) is 6.48. The van der Waals surface area contributed by atoms with E-state index in [-0.39, 0.29) is 11.7 Å². The van der Waals surface area contributed by atoms with Gasteiger partial charge in [-0.15, -0.1) is 0 Å². The number of nitrogens with two attached hydrogens (primary N) is 1. The quantitative estimate of drug-likeness (QED) is 0.803. The van der Waals surface area contributed by atoms with E-state index in [0.29, 0.717) is 11.1 Å². The minimum absolute atomic E-state index is 0.0794. The van der Waals surface area contributed by atoms with Crippen molar-refractivity contribution in [3.05, 3.63) is 35.4 Å². The van der Waals surface area contributed by atoms with Gasteiger partial charge in [-0.2, -0.15) is 23.5 Å². The number of primary amides is 1. The van der Waals surface area contributed by atoms with Crippen molar-refractivity contribution in [1.82, 2.24) is 0 Å². The van der Waals surface area contributed by atoms with Crippen molar-refractivity contribution in [2.45, 2.75) is 30.3 Å². The molecule has 5 fully saturated rings. The molecule has 2 N–H and O–H groups in total. The molecule has 1 aromatic rings. The molecule has 2 bridgehead atoms. The Morgan fingerprint density at radius 1 is 0.923 bits per heavy atom. The Hall–Kier alpha value is -0.940. The monoisotopic (exact) mass is 387 g/mol. The SMILES string of the molecule is C[C@H]1C2SCC(C(=O)c3ccc(C(N)=O)cc3)CS[C@@H]3C4[C@@H]3[C@@H]4CC[C@H]21. The smallest absolute Gasteiger partial charge is 0.248 e. The van der Waals surface area contributed by atoms with Gasteiger partial charge in [0, 0.05) is 39.1 Å². The zero-order valence-electron chi connectivity index (χ0n) is 15.0. The highest BCUT2D eigenvalue weighted by molar-refractivity contribution is 8.01. The van der Waals surface area contributed by atoms with Crippen LogP contribution in [0.4, 0.5) is 0 Å². The minimum Gasteiger partial charge on any atom is -0.366 e. The average molecular weight is 388 g/mol. The summed E-state index contributed by atoms with van der Waals surface area (Å²) in [5.74, 6) is 6.42. The average Bonchev–Trinajstić information content (AvgIpc) is 3.56. The Morgan fingerprint density at radius 3 is 2.15 bits per heavy atom. The van der Waals surface area contributed by atoms with E-state index in [0.717, 1.165) is 51.6 Å². The lowest BCUT2D eigenvalue weighted by Crippen LogP contribution is -2.22. The molecular weight excluding hydrogens is 362 g/mol. The fourth-order valence-corrected chi connectivity index (χ4v) is 8.75. The summed E-state index contributed by atoms with van der Waals surface area (Å²) in [6.07, 6.45) is 2.86. The minimum atomic E-state index is -0.447. The molecule has 6 rings (SSSR count). The Morgan fingerprint density at radius 2 is 1.50 bits per heavy atom.